The Balaban J connectivity index is 2.16. The molecule has 1 aromatic carbocycles. The SMILES string of the molecule is OC1c2ccccc2C2(CC2)CC1Br. The van der Waals surface area contributed by atoms with Crippen LogP contribution in [0.1, 0.15) is 36.5 Å². The number of fused-ring (bicyclic) bond motifs is 2. The molecule has 2 atom stereocenters. The Labute approximate surface area is 92.3 Å². The Hall–Kier alpha value is -0.340. The fourth-order valence-corrected chi connectivity index (χ4v) is 3.56. The van der Waals surface area contributed by atoms with Crippen LogP contribution >= 0.6 is 15.9 Å². The predicted molar refractivity (Wildman–Crippen MR) is 59.6 cm³/mol. The van der Waals surface area contributed by atoms with Crippen molar-refractivity contribution >= 4 is 15.9 Å². The van der Waals surface area contributed by atoms with Gasteiger partial charge in [0.05, 0.1) is 6.10 Å². The molecule has 1 spiro atoms. The average molecular weight is 253 g/mol. The molecule has 0 heterocycles. The molecular formula is C12H13BrO. The maximum Gasteiger partial charge on any atom is 0.0918 e. The van der Waals surface area contributed by atoms with E-state index in [2.05, 4.69) is 34.1 Å². The van der Waals surface area contributed by atoms with Crippen molar-refractivity contribution in [2.75, 3.05) is 0 Å². The normalized spacial score (nSPS) is 32.7. The van der Waals surface area contributed by atoms with Crippen molar-refractivity contribution in [3.05, 3.63) is 35.4 Å². The number of halogens is 1. The highest BCUT2D eigenvalue weighted by Gasteiger charge is 2.51. The van der Waals surface area contributed by atoms with E-state index in [1.54, 1.807) is 0 Å². The summed E-state index contributed by atoms with van der Waals surface area (Å²) in [5, 5.41) is 10.0. The van der Waals surface area contributed by atoms with Crippen LogP contribution in [0.25, 0.3) is 0 Å². The third-order valence-electron chi connectivity index (χ3n) is 3.63. The van der Waals surface area contributed by atoms with Gasteiger partial charge < -0.3 is 5.11 Å². The van der Waals surface area contributed by atoms with Crippen molar-refractivity contribution in [2.24, 2.45) is 0 Å². The van der Waals surface area contributed by atoms with Gasteiger partial charge in [-0.05, 0) is 35.8 Å². The molecule has 0 aliphatic heterocycles. The fourth-order valence-electron chi connectivity index (χ4n) is 2.65. The van der Waals surface area contributed by atoms with Crippen LogP contribution in [0.2, 0.25) is 0 Å². The van der Waals surface area contributed by atoms with Gasteiger partial charge in [0.1, 0.15) is 0 Å². The number of hydrogen-bond acceptors (Lipinski definition) is 1. The van der Waals surface area contributed by atoms with Crippen LogP contribution < -0.4 is 0 Å². The van der Waals surface area contributed by atoms with E-state index in [9.17, 15) is 5.11 Å². The zero-order valence-electron chi connectivity index (χ0n) is 7.91. The Morgan fingerprint density at radius 2 is 2.00 bits per heavy atom. The Kier molecular flexibility index (Phi) is 1.80. The van der Waals surface area contributed by atoms with Gasteiger partial charge in [-0.3, -0.25) is 0 Å². The lowest BCUT2D eigenvalue weighted by Gasteiger charge is -2.32. The van der Waals surface area contributed by atoms with E-state index in [0.29, 0.717) is 5.41 Å². The molecule has 0 radical (unpaired) electrons. The summed E-state index contributed by atoms with van der Waals surface area (Å²) in [4.78, 5) is 0.236. The molecule has 2 heteroatoms. The molecule has 0 aromatic heterocycles. The second-order valence-electron chi connectivity index (χ2n) is 4.53. The molecule has 0 bridgehead atoms. The summed E-state index contributed by atoms with van der Waals surface area (Å²) in [5.41, 5.74) is 2.94. The Morgan fingerprint density at radius 3 is 2.71 bits per heavy atom. The molecule has 2 aliphatic carbocycles. The fraction of sp³-hybridized carbons (Fsp3) is 0.500. The Bertz CT molecular complexity index is 370. The molecule has 1 nitrogen and oxygen atoms in total. The monoisotopic (exact) mass is 252 g/mol. The molecule has 2 unspecified atom stereocenters. The lowest BCUT2D eigenvalue weighted by atomic mass is 9.79. The number of rotatable bonds is 0. The van der Waals surface area contributed by atoms with Gasteiger partial charge in [-0.1, -0.05) is 40.2 Å². The van der Waals surface area contributed by atoms with Crippen molar-refractivity contribution in [1.29, 1.82) is 0 Å². The van der Waals surface area contributed by atoms with Crippen LogP contribution in [0, 0.1) is 0 Å². The molecule has 1 N–H and O–H groups in total. The molecule has 1 fully saturated rings. The summed E-state index contributed by atoms with van der Waals surface area (Å²) in [7, 11) is 0. The highest BCUT2D eigenvalue weighted by molar-refractivity contribution is 9.09. The lowest BCUT2D eigenvalue weighted by Crippen LogP contribution is -2.28. The van der Waals surface area contributed by atoms with Crippen molar-refractivity contribution in [1.82, 2.24) is 0 Å². The minimum Gasteiger partial charge on any atom is -0.387 e. The van der Waals surface area contributed by atoms with E-state index in [4.69, 9.17) is 0 Å². The Morgan fingerprint density at radius 1 is 1.29 bits per heavy atom. The van der Waals surface area contributed by atoms with Gasteiger partial charge >= 0.3 is 0 Å². The second-order valence-corrected chi connectivity index (χ2v) is 5.71. The lowest BCUT2D eigenvalue weighted by molar-refractivity contribution is 0.157. The first-order valence-corrected chi connectivity index (χ1v) is 6.06. The highest BCUT2D eigenvalue weighted by atomic mass is 79.9. The van der Waals surface area contributed by atoms with Gasteiger partial charge in [0.2, 0.25) is 0 Å². The van der Waals surface area contributed by atoms with E-state index in [1.165, 1.54) is 18.4 Å². The summed E-state index contributed by atoms with van der Waals surface area (Å²) < 4.78 is 0. The molecule has 0 amide bonds. The van der Waals surface area contributed by atoms with Crippen LogP contribution in [0.3, 0.4) is 0 Å². The molecule has 74 valence electrons. The number of alkyl halides is 1. The first-order chi connectivity index (χ1) is 6.73. The summed E-state index contributed by atoms with van der Waals surface area (Å²) in [5.74, 6) is 0. The third kappa shape index (κ3) is 1.10. The molecule has 2 aliphatic rings. The summed E-state index contributed by atoms with van der Waals surface area (Å²) in [6.45, 7) is 0. The van der Waals surface area contributed by atoms with Gasteiger partial charge in [0, 0.05) is 4.83 Å². The largest absolute Gasteiger partial charge is 0.387 e. The first-order valence-electron chi connectivity index (χ1n) is 5.14. The second kappa shape index (κ2) is 2.83. The van der Waals surface area contributed by atoms with Gasteiger partial charge in [-0.25, -0.2) is 0 Å². The first kappa shape index (κ1) is 8.93. The number of aliphatic hydroxyl groups is 1. The minimum atomic E-state index is -0.322. The van der Waals surface area contributed by atoms with Crippen LogP contribution in [0.5, 0.6) is 0 Å². The topological polar surface area (TPSA) is 20.2 Å². The summed E-state index contributed by atoms with van der Waals surface area (Å²) in [6.07, 6.45) is 3.35. The van der Waals surface area contributed by atoms with E-state index >= 15 is 0 Å². The molecule has 14 heavy (non-hydrogen) atoms. The summed E-state index contributed by atoms with van der Waals surface area (Å²) >= 11 is 3.59. The van der Waals surface area contributed by atoms with Gasteiger partial charge in [0.15, 0.2) is 0 Å². The van der Waals surface area contributed by atoms with Crippen molar-refractivity contribution < 1.29 is 5.11 Å². The molecule has 1 aromatic rings. The quantitative estimate of drug-likeness (QED) is 0.705. The van der Waals surface area contributed by atoms with E-state index in [1.807, 2.05) is 6.07 Å². The van der Waals surface area contributed by atoms with E-state index in [-0.39, 0.29) is 10.9 Å². The molecule has 0 saturated heterocycles. The van der Waals surface area contributed by atoms with E-state index in [0.717, 1.165) is 12.0 Å². The van der Waals surface area contributed by atoms with Crippen molar-refractivity contribution in [3.63, 3.8) is 0 Å². The predicted octanol–water partition coefficient (Wildman–Crippen LogP) is 2.92. The zero-order chi connectivity index (χ0) is 9.76. The van der Waals surface area contributed by atoms with Crippen molar-refractivity contribution in [3.8, 4) is 0 Å². The van der Waals surface area contributed by atoms with E-state index < -0.39 is 0 Å². The van der Waals surface area contributed by atoms with Crippen LogP contribution in [0.4, 0.5) is 0 Å². The maximum absolute atomic E-state index is 10.0. The standard InChI is InChI=1S/C12H13BrO/c13-10-7-12(5-6-12)9-4-2-1-3-8(9)11(10)14/h1-4,10-11,14H,5-7H2. The van der Waals surface area contributed by atoms with Crippen LogP contribution in [-0.4, -0.2) is 9.93 Å². The van der Waals surface area contributed by atoms with Crippen LogP contribution in [0.15, 0.2) is 24.3 Å². The smallest absolute Gasteiger partial charge is 0.0918 e. The average Bonchev–Trinajstić information content (AvgIpc) is 2.96. The maximum atomic E-state index is 10.0. The molecular weight excluding hydrogens is 240 g/mol. The highest BCUT2D eigenvalue weighted by Crippen LogP contribution is 2.58. The molecule has 3 rings (SSSR count). The van der Waals surface area contributed by atoms with Gasteiger partial charge in [-0.2, -0.15) is 0 Å². The molecule has 1 saturated carbocycles. The van der Waals surface area contributed by atoms with Gasteiger partial charge in [0.25, 0.3) is 0 Å². The summed E-state index contributed by atoms with van der Waals surface area (Å²) in [6, 6.07) is 8.35. The number of aliphatic hydroxyl groups excluding tert-OH is 1. The minimum absolute atomic E-state index is 0.236. The number of hydrogen-bond donors (Lipinski definition) is 1. The number of benzene rings is 1. The van der Waals surface area contributed by atoms with Gasteiger partial charge in [-0.15, -0.1) is 0 Å². The third-order valence-corrected chi connectivity index (χ3v) is 4.46. The van der Waals surface area contributed by atoms with Crippen molar-refractivity contribution in [2.45, 2.75) is 35.6 Å². The zero-order valence-corrected chi connectivity index (χ0v) is 9.50. The van der Waals surface area contributed by atoms with Crippen LogP contribution in [-0.2, 0) is 5.41 Å².